The van der Waals surface area contributed by atoms with E-state index in [0.717, 1.165) is 5.56 Å². The molecule has 0 spiro atoms. The van der Waals surface area contributed by atoms with E-state index in [1.165, 1.54) is 18.5 Å². The average Bonchev–Trinajstić information content (AvgIpc) is 2.43. The van der Waals surface area contributed by atoms with E-state index in [9.17, 15) is 8.42 Å². The maximum Gasteiger partial charge on any atom is 0.264 e. The van der Waals surface area contributed by atoms with E-state index in [0.29, 0.717) is 17.0 Å². The molecule has 1 heterocycles. The number of hydrogen-bond donors (Lipinski definition) is 1. The van der Waals surface area contributed by atoms with Crippen molar-refractivity contribution in [3.8, 4) is 5.75 Å². The molecule has 0 radical (unpaired) electrons. The molecule has 112 valence electrons. The van der Waals surface area contributed by atoms with Crippen LogP contribution in [0.4, 0.5) is 5.69 Å². The Balaban J connectivity index is 2.45. The van der Waals surface area contributed by atoms with Crippen LogP contribution in [0, 0.1) is 13.8 Å². The van der Waals surface area contributed by atoms with Crippen molar-refractivity contribution in [2.75, 3.05) is 11.8 Å². The fraction of sp³-hybridized carbons (Fsp3) is 0.214. The van der Waals surface area contributed by atoms with Crippen LogP contribution in [-0.2, 0) is 10.0 Å². The Morgan fingerprint density at radius 1 is 1.24 bits per heavy atom. The first-order valence-corrected chi connectivity index (χ1v) is 7.99. The van der Waals surface area contributed by atoms with Gasteiger partial charge in [-0.25, -0.2) is 8.42 Å². The molecule has 7 heteroatoms. The highest BCUT2D eigenvalue weighted by atomic mass is 35.5. The number of nitrogens with one attached hydrogen (secondary N) is 1. The Bertz CT molecular complexity index is 776. The third-order valence-electron chi connectivity index (χ3n) is 3.07. The van der Waals surface area contributed by atoms with E-state index in [1.807, 2.05) is 6.92 Å². The van der Waals surface area contributed by atoms with Gasteiger partial charge in [0.25, 0.3) is 10.0 Å². The molecule has 0 saturated carbocycles. The number of halogens is 1. The van der Waals surface area contributed by atoms with Gasteiger partial charge in [-0.3, -0.25) is 9.71 Å². The Morgan fingerprint density at radius 2 is 1.95 bits per heavy atom. The first-order chi connectivity index (χ1) is 9.86. The van der Waals surface area contributed by atoms with Crippen LogP contribution in [0.25, 0.3) is 0 Å². The molecule has 1 N–H and O–H groups in total. The number of ether oxygens (including phenoxy) is 1. The number of nitrogens with zero attached hydrogens (tertiary/aromatic N) is 1. The lowest BCUT2D eigenvalue weighted by molar-refractivity contribution is 0.409. The summed E-state index contributed by atoms with van der Waals surface area (Å²) in [6.07, 6.45) is 2.65. The Hall–Kier alpha value is -1.79. The fourth-order valence-electron chi connectivity index (χ4n) is 2.01. The highest BCUT2D eigenvalue weighted by molar-refractivity contribution is 7.92. The number of sulfonamides is 1. The summed E-state index contributed by atoms with van der Waals surface area (Å²) in [6.45, 7) is 3.68. The number of aryl methyl sites for hydroxylation is 1. The van der Waals surface area contributed by atoms with Crippen molar-refractivity contribution >= 4 is 27.3 Å². The second-order valence-electron chi connectivity index (χ2n) is 4.50. The molecule has 0 aliphatic heterocycles. The van der Waals surface area contributed by atoms with Crippen LogP contribution in [0.2, 0.25) is 5.02 Å². The molecule has 0 fully saturated rings. The van der Waals surface area contributed by atoms with E-state index in [4.69, 9.17) is 16.3 Å². The minimum absolute atomic E-state index is 0.0643. The zero-order chi connectivity index (χ0) is 15.6. The SMILES string of the molecule is COc1c(C)ccc(NS(=O)(=O)c2cnccc2Cl)c1C. The minimum atomic E-state index is -3.80. The van der Waals surface area contributed by atoms with E-state index >= 15 is 0 Å². The van der Waals surface area contributed by atoms with Crippen molar-refractivity contribution < 1.29 is 13.2 Å². The van der Waals surface area contributed by atoms with Crippen molar-refractivity contribution in [1.29, 1.82) is 0 Å². The van der Waals surface area contributed by atoms with Crippen LogP contribution in [0.3, 0.4) is 0 Å². The largest absolute Gasteiger partial charge is 0.496 e. The van der Waals surface area contributed by atoms with Crippen LogP contribution >= 0.6 is 11.6 Å². The minimum Gasteiger partial charge on any atom is -0.496 e. The standard InChI is InChI=1S/C14H15ClN2O3S/c1-9-4-5-12(10(2)14(9)20-3)17-21(18,19)13-8-16-7-6-11(13)15/h4-8,17H,1-3H3. The summed E-state index contributed by atoms with van der Waals surface area (Å²) in [5.74, 6) is 0.646. The van der Waals surface area contributed by atoms with Crippen LogP contribution < -0.4 is 9.46 Å². The van der Waals surface area contributed by atoms with Gasteiger partial charge in [-0.05, 0) is 31.5 Å². The molecule has 0 bridgehead atoms. The highest BCUT2D eigenvalue weighted by Crippen LogP contribution is 2.31. The fourth-order valence-corrected chi connectivity index (χ4v) is 3.57. The second kappa shape index (κ2) is 5.91. The molecule has 21 heavy (non-hydrogen) atoms. The predicted molar refractivity (Wildman–Crippen MR) is 82.5 cm³/mol. The zero-order valence-electron chi connectivity index (χ0n) is 11.8. The van der Waals surface area contributed by atoms with Gasteiger partial charge < -0.3 is 4.74 Å². The van der Waals surface area contributed by atoms with Crippen LogP contribution in [0.1, 0.15) is 11.1 Å². The van der Waals surface area contributed by atoms with E-state index in [2.05, 4.69) is 9.71 Å². The third kappa shape index (κ3) is 3.11. The monoisotopic (exact) mass is 326 g/mol. The third-order valence-corrected chi connectivity index (χ3v) is 4.91. The summed E-state index contributed by atoms with van der Waals surface area (Å²) in [7, 11) is -2.26. The number of aromatic nitrogens is 1. The van der Waals surface area contributed by atoms with Gasteiger partial charge in [0.05, 0.1) is 17.8 Å². The number of rotatable bonds is 4. The summed E-state index contributed by atoms with van der Waals surface area (Å²) in [6, 6.07) is 4.91. The van der Waals surface area contributed by atoms with Gasteiger partial charge in [0.15, 0.2) is 0 Å². The topological polar surface area (TPSA) is 68.3 Å². The summed E-state index contributed by atoms with van der Waals surface area (Å²) in [5.41, 5.74) is 2.08. The molecule has 2 rings (SSSR count). The maximum atomic E-state index is 12.4. The van der Waals surface area contributed by atoms with Gasteiger partial charge in [0.2, 0.25) is 0 Å². The molecule has 1 aromatic carbocycles. The van der Waals surface area contributed by atoms with Crippen LogP contribution in [-0.4, -0.2) is 20.5 Å². The lowest BCUT2D eigenvalue weighted by Gasteiger charge is -2.15. The van der Waals surface area contributed by atoms with Gasteiger partial charge >= 0.3 is 0 Å². The number of anilines is 1. The van der Waals surface area contributed by atoms with E-state index < -0.39 is 10.0 Å². The van der Waals surface area contributed by atoms with E-state index in [-0.39, 0.29) is 9.92 Å². The van der Waals surface area contributed by atoms with Gasteiger partial charge in [0, 0.05) is 18.0 Å². The van der Waals surface area contributed by atoms with Crippen molar-refractivity contribution in [2.45, 2.75) is 18.7 Å². The molecule has 0 aliphatic carbocycles. The molecule has 5 nitrogen and oxygen atoms in total. The second-order valence-corrected chi connectivity index (χ2v) is 6.56. The lowest BCUT2D eigenvalue weighted by atomic mass is 10.1. The quantitative estimate of drug-likeness (QED) is 0.937. The van der Waals surface area contributed by atoms with Crippen LogP contribution in [0.15, 0.2) is 35.5 Å². The number of pyridine rings is 1. The van der Waals surface area contributed by atoms with Gasteiger partial charge in [-0.2, -0.15) is 0 Å². The Kier molecular flexibility index (Phi) is 4.39. The van der Waals surface area contributed by atoms with Crippen molar-refractivity contribution in [1.82, 2.24) is 4.98 Å². The van der Waals surface area contributed by atoms with Gasteiger partial charge in [0.1, 0.15) is 10.6 Å². The van der Waals surface area contributed by atoms with Crippen molar-refractivity contribution in [2.24, 2.45) is 0 Å². The number of methoxy groups -OCH3 is 1. The normalized spacial score (nSPS) is 11.2. The molecular weight excluding hydrogens is 312 g/mol. The summed E-state index contributed by atoms with van der Waals surface area (Å²) in [4.78, 5) is 3.73. The maximum absolute atomic E-state index is 12.4. The van der Waals surface area contributed by atoms with E-state index in [1.54, 1.807) is 26.2 Å². The first kappa shape index (κ1) is 15.6. The highest BCUT2D eigenvalue weighted by Gasteiger charge is 2.20. The predicted octanol–water partition coefficient (Wildman–Crippen LogP) is 3.16. The molecule has 1 aromatic heterocycles. The molecule has 0 unspecified atom stereocenters. The van der Waals surface area contributed by atoms with Gasteiger partial charge in [-0.1, -0.05) is 17.7 Å². The van der Waals surface area contributed by atoms with Crippen molar-refractivity contribution in [3.63, 3.8) is 0 Å². The molecular formula is C14H15ClN2O3S. The van der Waals surface area contributed by atoms with Gasteiger partial charge in [-0.15, -0.1) is 0 Å². The summed E-state index contributed by atoms with van der Waals surface area (Å²) >= 11 is 5.91. The summed E-state index contributed by atoms with van der Waals surface area (Å²) < 4.78 is 32.6. The molecule has 0 amide bonds. The first-order valence-electron chi connectivity index (χ1n) is 6.13. The molecule has 0 atom stereocenters. The Labute approximate surface area is 129 Å². The number of benzene rings is 1. The smallest absolute Gasteiger partial charge is 0.264 e. The summed E-state index contributed by atoms with van der Waals surface area (Å²) in [5, 5.41) is 0.120. The average molecular weight is 327 g/mol. The van der Waals surface area contributed by atoms with Crippen molar-refractivity contribution in [3.05, 3.63) is 46.7 Å². The molecule has 0 aliphatic rings. The number of hydrogen-bond acceptors (Lipinski definition) is 4. The van der Waals surface area contributed by atoms with Crippen LogP contribution in [0.5, 0.6) is 5.75 Å². The molecule has 2 aromatic rings. The Morgan fingerprint density at radius 3 is 2.57 bits per heavy atom. The molecule has 0 saturated heterocycles. The lowest BCUT2D eigenvalue weighted by Crippen LogP contribution is -2.15. The zero-order valence-corrected chi connectivity index (χ0v) is 13.4.